The highest BCUT2D eigenvalue weighted by molar-refractivity contribution is 5.98. The van der Waals surface area contributed by atoms with Gasteiger partial charge in [0.15, 0.2) is 0 Å². The van der Waals surface area contributed by atoms with E-state index >= 15 is 0 Å². The van der Waals surface area contributed by atoms with E-state index in [-0.39, 0.29) is 35.0 Å². The first-order valence-electron chi connectivity index (χ1n) is 11.7. The van der Waals surface area contributed by atoms with Crippen LogP contribution >= 0.6 is 0 Å². The van der Waals surface area contributed by atoms with E-state index < -0.39 is 16.9 Å². The van der Waals surface area contributed by atoms with Gasteiger partial charge < -0.3 is 15.1 Å². The van der Waals surface area contributed by atoms with Gasteiger partial charge in [-0.15, -0.1) is 0 Å². The molecule has 1 fully saturated rings. The number of benzene rings is 2. The highest BCUT2D eigenvalue weighted by Gasteiger charge is 2.35. The molecular weight excluding hydrogens is 448 g/mol. The lowest BCUT2D eigenvalue weighted by molar-refractivity contribution is -0.385. The molecule has 0 aliphatic carbocycles. The zero-order valence-corrected chi connectivity index (χ0v) is 20.8. The summed E-state index contributed by atoms with van der Waals surface area (Å²) in [6, 6.07) is 10.7. The number of amides is 3. The topological polar surface area (TPSA) is 113 Å². The molecule has 9 nitrogen and oxygen atoms in total. The standard InChI is InChI=1S/C26H32N4O5/c1-16(2)23(27-24(31)21-11-8-18(4)22(14-21)30(34)35)26(33)28-12-13-29(19(5)15-28)25(32)20-9-6-17(3)7-10-20/h6-11,14,16,19,23H,12-13,15H2,1-5H3,(H,27,31). The molecule has 0 aromatic heterocycles. The number of rotatable bonds is 6. The number of hydrogen-bond acceptors (Lipinski definition) is 5. The fourth-order valence-corrected chi connectivity index (χ4v) is 4.20. The van der Waals surface area contributed by atoms with Crippen molar-refractivity contribution >= 4 is 23.4 Å². The third kappa shape index (κ3) is 5.85. The maximum absolute atomic E-state index is 13.4. The molecule has 1 heterocycles. The number of nitrogens with one attached hydrogen (secondary N) is 1. The minimum absolute atomic E-state index is 0.0701. The van der Waals surface area contributed by atoms with Crippen LogP contribution in [0.2, 0.25) is 0 Å². The van der Waals surface area contributed by atoms with E-state index in [9.17, 15) is 24.5 Å². The van der Waals surface area contributed by atoms with Crippen molar-refractivity contribution in [2.24, 2.45) is 5.92 Å². The normalized spacial score (nSPS) is 16.7. The van der Waals surface area contributed by atoms with Crippen molar-refractivity contribution in [3.05, 3.63) is 74.8 Å². The van der Waals surface area contributed by atoms with Crippen LogP contribution in [-0.4, -0.2) is 64.2 Å². The number of aryl methyl sites for hydroxylation is 2. The van der Waals surface area contributed by atoms with E-state index in [4.69, 9.17) is 0 Å². The van der Waals surface area contributed by atoms with Gasteiger partial charge in [0.05, 0.1) is 4.92 Å². The number of carbonyl (C=O) groups is 3. The molecule has 3 amide bonds. The fraction of sp³-hybridized carbons (Fsp3) is 0.423. The quantitative estimate of drug-likeness (QED) is 0.503. The second-order valence-corrected chi connectivity index (χ2v) is 9.45. The van der Waals surface area contributed by atoms with Crippen molar-refractivity contribution < 1.29 is 19.3 Å². The number of hydrogen-bond donors (Lipinski definition) is 1. The van der Waals surface area contributed by atoms with E-state index in [1.165, 1.54) is 18.2 Å². The Morgan fingerprint density at radius 2 is 1.66 bits per heavy atom. The molecule has 1 aliphatic rings. The van der Waals surface area contributed by atoms with Gasteiger partial charge in [-0.1, -0.05) is 37.6 Å². The summed E-state index contributed by atoms with van der Waals surface area (Å²) < 4.78 is 0. The molecule has 0 spiro atoms. The molecule has 2 unspecified atom stereocenters. The molecule has 1 saturated heterocycles. The predicted octanol–water partition coefficient (Wildman–Crippen LogP) is 3.34. The van der Waals surface area contributed by atoms with Crippen LogP contribution < -0.4 is 5.32 Å². The minimum Gasteiger partial charge on any atom is -0.340 e. The second kappa shape index (κ2) is 10.7. The Labute approximate surface area is 205 Å². The number of nitro groups is 1. The molecule has 2 aromatic carbocycles. The fourth-order valence-electron chi connectivity index (χ4n) is 4.20. The summed E-state index contributed by atoms with van der Waals surface area (Å²) in [5.41, 5.74) is 2.12. The number of carbonyl (C=O) groups excluding carboxylic acids is 3. The van der Waals surface area contributed by atoms with Gasteiger partial charge in [-0.25, -0.2) is 0 Å². The molecule has 3 rings (SSSR count). The van der Waals surface area contributed by atoms with Crippen LogP contribution in [0.4, 0.5) is 5.69 Å². The highest BCUT2D eigenvalue weighted by atomic mass is 16.6. The summed E-state index contributed by atoms with van der Waals surface area (Å²) in [7, 11) is 0. The Kier molecular flexibility index (Phi) is 7.89. The van der Waals surface area contributed by atoms with E-state index in [2.05, 4.69) is 5.32 Å². The molecule has 1 aliphatic heterocycles. The summed E-state index contributed by atoms with van der Waals surface area (Å²) >= 11 is 0. The van der Waals surface area contributed by atoms with Gasteiger partial charge in [0.1, 0.15) is 6.04 Å². The van der Waals surface area contributed by atoms with E-state index in [0.717, 1.165) is 5.56 Å². The van der Waals surface area contributed by atoms with Gasteiger partial charge >= 0.3 is 0 Å². The van der Waals surface area contributed by atoms with Gasteiger partial charge in [0.25, 0.3) is 17.5 Å². The smallest absolute Gasteiger partial charge is 0.273 e. The van der Waals surface area contributed by atoms with Gasteiger partial charge in [0.2, 0.25) is 5.91 Å². The third-order valence-corrected chi connectivity index (χ3v) is 6.39. The molecule has 186 valence electrons. The molecule has 0 radical (unpaired) electrons. The highest BCUT2D eigenvalue weighted by Crippen LogP contribution is 2.21. The first-order chi connectivity index (χ1) is 16.5. The summed E-state index contributed by atoms with van der Waals surface area (Å²) in [4.78, 5) is 53.3. The molecular formula is C26H32N4O5. The molecule has 35 heavy (non-hydrogen) atoms. The summed E-state index contributed by atoms with van der Waals surface area (Å²) in [6.45, 7) is 10.2. The van der Waals surface area contributed by atoms with Crippen LogP contribution in [-0.2, 0) is 4.79 Å². The molecule has 9 heteroatoms. The second-order valence-electron chi connectivity index (χ2n) is 9.45. The maximum Gasteiger partial charge on any atom is 0.273 e. The van der Waals surface area contributed by atoms with Crippen LogP contribution in [0.3, 0.4) is 0 Å². The Balaban J connectivity index is 1.69. The largest absolute Gasteiger partial charge is 0.340 e. The lowest BCUT2D eigenvalue weighted by Crippen LogP contribution is -2.59. The van der Waals surface area contributed by atoms with Gasteiger partial charge in [-0.05, 0) is 44.9 Å². The zero-order valence-electron chi connectivity index (χ0n) is 20.8. The Hall–Kier alpha value is -3.75. The van der Waals surface area contributed by atoms with Gasteiger partial charge in [0, 0.05) is 48.4 Å². The SMILES string of the molecule is Cc1ccc(C(=O)N2CCN(C(=O)C(NC(=O)c3ccc(C)c([N+](=O)[O-])c3)C(C)C)CC2C)cc1. The van der Waals surface area contributed by atoms with Crippen molar-refractivity contribution in [3.63, 3.8) is 0 Å². The zero-order chi connectivity index (χ0) is 25.9. The Bertz CT molecular complexity index is 1130. The summed E-state index contributed by atoms with van der Waals surface area (Å²) in [6.07, 6.45) is 0. The number of nitrogens with zero attached hydrogens (tertiary/aromatic N) is 3. The lowest BCUT2D eigenvalue weighted by atomic mass is 10.0. The van der Waals surface area contributed by atoms with Crippen molar-refractivity contribution in [3.8, 4) is 0 Å². The van der Waals surface area contributed by atoms with E-state index in [1.807, 2.05) is 52.0 Å². The molecule has 0 saturated carbocycles. The van der Waals surface area contributed by atoms with E-state index in [1.54, 1.807) is 16.7 Å². The molecule has 1 N–H and O–H groups in total. The number of piperazine rings is 1. The Morgan fingerprint density at radius 1 is 1.03 bits per heavy atom. The summed E-state index contributed by atoms with van der Waals surface area (Å²) in [5, 5.41) is 14.0. The summed E-state index contributed by atoms with van der Waals surface area (Å²) in [5.74, 6) is -1.04. The van der Waals surface area contributed by atoms with Crippen molar-refractivity contribution in [2.45, 2.75) is 46.7 Å². The molecule has 2 aromatic rings. The van der Waals surface area contributed by atoms with Crippen molar-refractivity contribution in [2.75, 3.05) is 19.6 Å². The van der Waals surface area contributed by atoms with Crippen LogP contribution in [0, 0.1) is 29.9 Å². The van der Waals surface area contributed by atoms with Crippen molar-refractivity contribution in [1.82, 2.24) is 15.1 Å². The average Bonchev–Trinajstić information content (AvgIpc) is 2.81. The first kappa shape index (κ1) is 25.9. The monoisotopic (exact) mass is 480 g/mol. The first-order valence-corrected chi connectivity index (χ1v) is 11.7. The van der Waals surface area contributed by atoms with Crippen LogP contribution in [0.1, 0.15) is 52.6 Å². The average molecular weight is 481 g/mol. The Morgan fingerprint density at radius 3 is 2.23 bits per heavy atom. The predicted molar refractivity (Wildman–Crippen MR) is 132 cm³/mol. The maximum atomic E-state index is 13.4. The third-order valence-electron chi connectivity index (χ3n) is 6.39. The van der Waals surface area contributed by atoms with Gasteiger partial charge in [-0.2, -0.15) is 0 Å². The van der Waals surface area contributed by atoms with Gasteiger partial charge in [-0.3, -0.25) is 24.5 Å². The van der Waals surface area contributed by atoms with E-state index in [0.29, 0.717) is 30.8 Å². The number of nitro benzene ring substituents is 1. The van der Waals surface area contributed by atoms with Crippen molar-refractivity contribution in [1.29, 1.82) is 0 Å². The van der Waals surface area contributed by atoms with Crippen LogP contribution in [0.5, 0.6) is 0 Å². The van der Waals surface area contributed by atoms with Crippen LogP contribution in [0.15, 0.2) is 42.5 Å². The molecule has 0 bridgehead atoms. The van der Waals surface area contributed by atoms with Crippen LogP contribution in [0.25, 0.3) is 0 Å². The minimum atomic E-state index is -0.797. The lowest BCUT2D eigenvalue weighted by Gasteiger charge is -2.41. The molecule has 2 atom stereocenters.